The van der Waals surface area contributed by atoms with Gasteiger partial charge in [0.25, 0.3) is 0 Å². The van der Waals surface area contributed by atoms with Crippen molar-refractivity contribution in [3.8, 4) is 5.75 Å². The molecule has 0 fully saturated rings. The molecule has 0 radical (unpaired) electrons. The van der Waals surface area contributed by atoms with Crippen LogP contribution < -0.4 is 4.74 Å². The van der Waals surface area contributed by atoms with E-state index in [0.717, 1.165) is 29.6 Å². The first kappa shape index (κ1) is 24.5. The maximum atomic E-state index is 7.10. The van der Waals surface area contributed by atoms with E-state index in [9.17, 15) is 0 Å². The Morgan fingerprint density at radius 2 is 1.47 bits per heavy atom. The molecule has 1 atom stereocenters. The predicted molar refractivity (Wildman–Crippen MR) is 138 cm³/mol. The molecule has 174 valence electrons. The Labute approximate surface area is 195 Å². The first-order chi connectivity index (χ1) is 15.2. The lowest BCUT2D eigenvalue weighted by Gasteiger charge is -2.51. The van der Waals surface area contributed by atoms with Crippen LogP contribution in [0.15, 0.2) is 54.6 Å². The van der Waals surface area contributed by atoms with Crippen molar-refractivity contribution in [2.75, 3.05) is 0 Å². The Balaban J connectivity index is 2.11. The van der Waals surface area contributed by atoms with Crippen LogP contribution in [0.25, 0.3) is 11.0 Å². The molecule has 3 rings (SSSR count). The van der Waals surface area contributed by atoms with Crippen LogP contribution in [0.5, 0.6) is 5.75 Å². The van der Waals surface area contributed by atoms with Gasteiger partial charge in [0, 0.05) is 6.42 Å². The molecule has 0 spiro atoms. The van der Waals surface area contributed by atoms with Crippen LogP contribution in [0.1, 0.15) is 72.6 Å². The first-order valence-corrected chi connectivity index (χ1v) is 15.3. The van der Waals surface area contributed by atoms with E-state index >= 15 is 0 Å². The predicted octanol–water partition coefficient (Wildman–Crippen LogP) is 7.96. The normalized spacial score (nSPS) is 14.4. The number of fused-ring (bicyclic) bond motifs is 1. The Morgan fingerprint density at radius 3 is 2.16 bits per heavy atom. The van der Waals surface area contributed by atoms with Crippen molar-refractivity contribution in [3.05, 3.63) is 54.6 Å². The monoisotopic (exact) mass is 451 g/mol. The number of ether oxygens (including phenoxy) is 1. The van der Waals surface area contributed by atoms with Gasteiger partial charge in [0.1, 0.15) is 19.3 Å². The maximum Gasteiger partial charge on any atom is 0.186 e. The van der Waals surface area contributed by atoms with Gasteiger partial charge in [-0.15, -0.1) is 5.10 Å². The number of unbranched alkanes of at least 4 members (excludes halogenated alkanes) is 5. The molecule has 0 aliphatic carbocycles. The van der Waals surface area contributed by atoms with Gasteiger partial charge in [-0.3, -0.25) is 0 Å². The minimum absolute atomic E-state index is 0.108. The standard InChI is InChI=1S/C27H41N3OSi/c1-7-8-9-10-11-17-22-27(32(5,6)26(2,3)4,31-23-18-13-12-14-19-23)30-25-21-16-15-20-24(25)28-29-30/h12-16,18-21H,7-11,17,22H2,1-6H3. The Hall–Kier alpha value is -2.14. The van der Waals surface area contributed by atoms with Gasteiger partial charge in [0.2, 0.25) is 0 Å². The largest absolute Gasteiger partial charge is 0.470 e. The summed E-state index contributed by atoms with van der Waals surface area (Å²) in [5, 5.41) is 8.87. The van der Waals surface area contributed by atoms with Crippen LogP contribution in [0, 0.1) is 0 Å². The average molecular weight is 452 g/mol. The van der Waals surface area contributed by atoms with Crippen LogP contribution in [0.2, 0.25) is 18.1 Å². The summed E-state index contributed by atoms with van der Waals surface area (Å²) in [5.41, 5.74) is 1.98. The van der Waals surface area contributed by atoms with Crippen LogP contribution >= 0.6 is 0 Å². The zero-order valence-electron chi connectivity index (χ0n) is 20.9. The van der Waals surface area contributed by atoms with Crippen molar-refractivity contribution >= 4 is 19.1 Å². The third kappa shape index (κ3) is 4.93. The van der Waals surface area contributed by atoms with Crippen LogP contribution in [-0.4, -0.2) is 23.1 Å². The molecule has 5 heteroatoms. The van der Waals surface area contributed by atoms with Crippen molar-refractivity contribution < 1.29 is 4.74 Å². The summed E-state index contributed by atoms with van der Waals surface area (Å²) in [6, 6.07) is 18.6. The molecule has 1 unspecified atom stereocenters. The van der Waals surface area contributed by atoms with Gasteiger partial charge in [0.15, 0.2) is 5.35 Å². The van der Waals surface area contributed by atoms with E-state index in [0.29, 0.717) is 0 Å². The molecule has 0 aliphatic rings. The summed E-state index contributed by atoms with van der Waals surface area (Å²) < 4.78 is 9.23. The highest BCUT2D eigenvalue weighted by molar-refractivity contribution is 6.82. The van der Waals surface area contributed by atoms with Crippen molar-refractivity contribution in [1.29, 1.82) is 0 Å². The lowest BCUT2D eigenvalue weighted by molar-refractivity contribution is 0.0403. The summed E-state index contributed by atoms with van der Waals surface area (Å²) in [5.74, 6) is 0.905. The van der Waals surface area contributed by atoms with Gasteiger partial charge in [-0.1, -0.05) is 108 Å². The molecule has 4 nitrogen and oxygen atoms in total. The molecule has 0 saturated carbocycles. The third-order valence-electron chi connectivity index (χ3n) is 7.44. The van der Waals surface area contributed by atoms with Gasteiger partial charge in [0.05, 0.1) is 5.52 Å². The topological polar surface area (TPSA) is 39.9 Å². The number of rotatable bonds is 11. The zero-order valence-corrected chi connectivity index (χ0v) is 21.9. The van der Waals surface area contributed by atoms with Crippen molar-refractivity contribution in [2.24, 2.45) is 0 Å². The van der Waals surface area contributed by atoms with Gasteiger partial charge < -0.3 is 4.74 Å². The van der Waals surface area contributed by atoms with E-state index in [1.165, 1.54) is 32.1 Å². The Morgan fingerprint density at radius 1 is 0.844 bits per heavy atom. The zero-order chi connectivity index (χ0) is 23.2. The molecule has 2 aromatic carbocycles. The molecule has 0 N–H and O–H groups in total. The molecular formula is C27H41N3OSi. The van der Waals surface area contributed by atoms with Gasteiger partial charge >= 0.3 is 0 Å². The highest BCUT2D eigenvalue weighted by Gasteiger charge is 2.57. The number of hydrogen-bond acceptors (Lipinski definition) is 3. The Bertz CT molecular complexity index is 977. The summed E-state index contributed by atoms with van der Waals surface area (Å²) in [7, 11) is -2.13. The molecule has 3 aromatic rings. The maximum absolute atomic E-state index is 7.10. The van der Waals surface area contributed by atoms with Gasteiger partial charge in [-0.05, 0) is 35.7 Å². The van der Waals surface area contributed by atoms with Gasteiger partial charge in [-0.25, -0.2) is 4.68 Å². The van der Waals surface area contributed by atoms with Crippen LogP contribution in [0.3, 0.4) is 0 Å². The van der Waals surface area contributed by atoms with E-state index in [1.807, 2.05) is 18.2 Å². The smallest absolute Gasteiger partial charge is 0.186 e. The summed E-state index contributed by atoms with van der Waals surface area (Å²) in [4.78, 5) is 0. The Kier molecular flexibility index (Phi) is 7.81. The third-order valence-corrected chi connectivity index (χ3v) is 13.7. The first-order valence-electron chi connectivity index (χ1n) is 12.3. The molecule has 32 heavy (non-hydrogen) atoms. The lowest BCUT2D eigenvalue weighted by atomic mass is 10.1. The minimum Gasteiger partial charge on any atom is -0.470 e. The quantitative estimate of drug-likeness (QED) is 0.219. The fourth-order valence-corrected chi connectivity index (χ4v) is 7.50. The van der Waals surface area contributed by atoms with Crippen molar-refractivity contribution in [3.63, 3.8) is 0 Å². The molecule has 0 bridgehead atoms. The van der Waals surface area contributed by atoms with Crippen LogP contribution in [-0.2, 0) is 5.35 Å². The second-order valence-corrected chi connectivity index (χ2v) is 16.1. The molecule has 0 amide bonds. The average Bonchev–Trinajstić information content (AvgIpc) is 3.19. The number of nitrogens with zero attached hydrogens (tertiary/aromatic N) is 3. The van der Waals surface area contributed by atoms with Crippen LogP contribution in [0.4, 0.5) is 0 Å². The van der Waals surface area contributed by atoms with E-state index in [4.69, 9.17) is 9.95 Å². The van der Waals surface area contributed by atoms with Gasteiger partial charge in [-0.2, -0.15) is 0 Å². The fraction of sp³-hybridized carbons (Fsp3) is 0.556. The fourth-order valence-electron chi connectivity index (χ4n) is 4.46. The van der Waals surface area contributed by atoms with Crippen molar-refractivity contribution in [2.45, 2.75) is 96.1 Å². The highest BCUT2D eigenvalue weighted by atomic mass is 28.3. The molecule has 0 aliphatic heterocycles. The van der Waals surface area contributed by atoms with E-state index in [2.05, 4.69) is 87.0 Å². The SMILES string of the molecule is CCCCCCCCC(Oc1ccccc1)(n1nnc2ccccc21)[Si](C)(C)C(C)(C)C. The highest BCUT2D eigenvalue weighted by Crippen LogP contribution is 2.49. The van der Waals surface area contributed by atoms with E-state index < -0.39 is 13.4 Å². The number of para-hydroxylation sites is 2. The molecule has 0 saturated heterocycles. The second kappa shape index (κ2) is 10.2. The van der Waals surface area contributed by atoms with E-state index in [1.54, 1.807) is 0 Å². The molecule has 1 heterocycles. The molecule has 1 aromatic heterocycles. The summed E-state index contributed by atoms with van der Waals surface area (Å²) in [6.45, 7) is 14.3. The molecular weight excluding hydrogens is 410 g/mol. The summed E-state index contributed by atoms with van der Waals surface area (Å²) in [6.07, 6.45) is 8.48. The number of benzene rings is 2. The summed E-state index contributed by atoms with van der Waals surface area (Å²) >= 11 is 0. The van der Waals surface area contributed by atoms with E-state index in [-0.39, 0.29) is 5.04 Å². The van der Waals surface area contributed by atoms with Crippen molar-refractivity contribution in [1.82, 2.24) is 15.0 Å². The minimum atomic E-state index is -2.13. The number of hydrogen-bond donors (Lipinski definition) is 0. The number of aromatic nitrogens is 3. The lowest BCUT2D eigenvalue weighted by Crippen LogP contribution is -2.64. The second-order valence-electron chi connectivity index (χ2n) is 10.6.